The van der Waals surface area contributed by atoms with Crippen molar-refractivity contribution in [2.24, 2.45) is 0 Å². The lowest BCUT2D eigenvalue weighted by Gasteiger charge is -2.11. The smallest absolute Gasteiger partial charge is 0.258 e. The number of amides is 1. The van der Waals surface area contributed by atoms with Crippen molar-refractivity contribution < 1.29 is 4.79 Å². The molecule has 1 amide bonds. The Kier molecular flexibility index (Phi) is 4.48. The molecular formula is C17H15ClN4O2. The largest absolute Gasteiger partial charge is 0.379 e. The lowest BCUT2D eigenvalue weighted by atomic mass is 10.1. The van der Waals surface area contributed by atoms with Crippen LogP contribution >= 0.6 is 11.6 Å². The first-order chi connectivity index (χ1) is 11.6. The Hall–Kier alpha value is -2.86. The van der Waals surface area contributed by atoms with Gasteiger partial charge in [0.1, 0.15) is 5.65 Å². The number of hydrogen-bond donors (Lipinski definition) is 2. The lowest BCUT2D eigenvalue weighted by molar-refractivity contribution is 0.0964. The normalized spacial score (nSPS) is 10.6. The standard InChI is InChI=1S/C17H15ClN4O2/c1-19-17(24)13-4-2-3-5-14(13)20-9-12-8-16(23)22-10-11(18)6-7-15(22)21-12/h2-8,10,20H,9H2,1H3,(H,19,24). The molecule has 122 valence electrons. The number of halogens is 1. The molecule has 0 fully saturated rings. The quantitative estimate of drug-likeness (QED) is 0.763. The Morgan fingerprint density at radius 2 is 2.04 bits per heavy atom. The van der Waals surface area contributed by atoms with Crippen LogP contribution in [0.25, 0.3) is 5.65 Å². The van der Waals surface area contributed by atoms with E-state index in [1.807, 2.05) is 6.07 Å². The third-order valence-electron chi connectivity index (χ3n) is 3.54. The lowest BCUT2D eigenvalue weighted by Crippen LogP contribution is -2.20. The van der Waals surface area contributed by atoms with E-state index in [0.29, 0.717) is 34.2 Å². The van der Waals surface area contributed by atoms with Crippen molar-refractivity contribution in [2.45, 2.75) is 6.54 Å². The van der Waals surface area contributed by atoms with Gasteiger partial charge in [0.05, 0.1) is 22.8 Å². The van der Waals surface area contributed by atoms with E-state index in [2.05, 4.69) is 15.6 Å². The maximum atomic E-state index is 12.2. The fraction of sp³-hybridized carbons (Fsp3) is 0.118. The van der Waals surface area contributed by atoms with Gasteiger partial charge >= 0.3 is 0 Å². The Labute approximate surface area is 143 Å². The van der Waals surface area contributed by atoms with Gasteiger partial charge in [0.15, 0.2) is 0 Å². The van der Waals surface area contributed by atoms with Gasteiger partial charge in [0, 0.05) is 25.0 Å². The molecule has 3 aromatic rings. The molecule has 0 bridgehead atoms. The summed E-state index contributed by atoms with van der Waals surface area (Å²) in [6.07, 6.45) is 1.53. The molecule has 0 radical (unpaired) electrons. The van der Waals surface area contributed by atoms with Crippen LogP contribution in [0.1, 0.15) is 16.1 Å². The van der Waals surface area contributed by atoms with Crippen LogP contribution < -0.4 is 16.2 Å². The van der Waals surface area contributed by atoms with Crippen molar-refractivity contribution >= 4 is 28.8 Å². The van der Waals surface area contributed by atoms with Gasteiger partial charge in [-0.2, -0.15) is 0 Å². The highest BCUT2D eigenvalue weighted by atomic mass is 35.5. The SMILES string of the molecule is CNC(=O)c1ccccc1NCc1cc(=O)n2cc(Cl)ccc2n1. The molecular weight excluding hydrogens is 328 g/mol. The van der Waals surface area contributed by atoms with Gasteiger partial charge in [-0.1, -0.05) is 23.7 Å². The summed E-state index contributed by atoms with van der Waals surface area (Å²) >= 11 is 5.89. The third-order valence-corrected chi connectivity index (χ3v) is 3.76. The predicted octanol–water partition coefficient (Wildman–Crippen LogP) is 2.32. The van der Waals surface area contributed by atoms with Gasteiger partial charge in [-0.3, -0.25) is 14.0 Å². The van der Waals surface area contributed by atoms with E-state index in [1.165, 1.54) is 16.7 Å². The summed E-state index contributed by atoms with van der Waals surface area (Å²) in [5.74, 6) is -0.181. The van der Waals surface area contributed by atoms with Crippen molar-refractivity contribution in [3.05, 3.63) is 75.3 Å². The molecule has 0 aliphatic carbocycles. The fourth-order valence-corrected chi connectivity index (χ4v) is 2.53. The van der Waals surface area contributed by atoms with Crippen molar-refractivity contribution in [3.63, 3.8) is 0 Å². The van der Waals surface area contributed by atoms with E-state index in [-0.39, 0.29) is 11.5 Å². The van der Waals surface area contributed by atoms with Gasteiger partial charge in [-0.15, -0.1) is 0 Å². The first-order valence-electron chi connectivity index (χ1n) is 7.31. The average Bonchev–Trinajstić information content (AvgIpc) is 2.60. The molecule has 24 heavy (non-hydrogen) atoms. The molecule has 0 atom stereocenters. The van der Waals surface area contributed by atoms with Crippen LogP contribution in [-0.4, -0.2) is 22.3 Å². The van der Waals surface area contributed by atoms with Crippen LogP contribution in [0, 0.1) is 0 Å². The molecule has 0 saturated carbocycles. The first-order valence-corrected chi connectivity index (χ1v) is 7.69. The van der Waals surface area contributed by atoms with E-state index in [9.17, 15) is 9.59 Å². The Morgan fingerprint density at radius 1 is 1.25 bits per heavy atom. The number of rotatable bonds is 4. The van der Waals surface area contributed by atoms with Crippen LogP contribution in [-0.2, 0) is 6.54 Å². The number of benzene rings is 1. The second-order valence-electron chi connectivity index (χ2n) is 5.14. The van der Waals surface area contributed by atoms with Crippen molar-refractivity contribution in [1.29, 1.82) is 0 Å². The minimum Gasteiger partial charge on any atom is -0.379 e. The molecule has 0 unspecified atom stereocenters. The highest BCUT2D eigenvalue weighted by Crippen LogP contribution is 2.16. The molecule has 0 spiro atoms. The number of hydrogen-bond acceptors (Lipinski definition) is 4. The van der Waals surface area contributed by atoms with E-state index in [1.54, 1.807) is 37.4 Å². The van der Waals surface area contributed by atoms with Gasteiger partial charge < -0.3 is 10.6 Å². The summed E-state index contributed by atoms with van der Waals surface area (Å²) in [7, 11) is 1.58. The van der Waals surface area contributed by atoms with Gasteiger partial charge in [-0.25, -0.2) is 4.98 Å². The number of anilines is 1. The van der Waals surface area contributed by atoms with Gasteiger partial charge in [0.2, 0.25) is 0 Å². The Balaban J connectivity index is 1.88. The molecule has 2 heterocycles. The second-order valence-corrected chi connectivity index (χ2v) is 5.58. The van der Waals surface area contributed by atoms with Gasteiger partial charge in [-0.05, 0) is 24.3 Å². The first kappa shape index (κ1) is 16.0. The number of para-hydroxylation sites is 1. The predicted molar refractivity (Wildman–Crippen MR) is 93.6 cm³/mol. The number of aromatic nitrogens is 2. The monoisotopic (exact) mass is 342 g/mol. The highest BCUT2D eigenvalue weighted by Gasteiger charge is 2.09. The molecule has 1 aromatic carbocycles. The summed E-state index contributed by atoms with van der Waals surface area (Å²) in [5.41, 5.74) is 2.09. The van der Waals surface area contributed by atoms with Crippen LogP contribution in [0.3, 0.4) is 0 Å². The zero-order valence-corrected chi connectivity index (χ0v) is 13.7. The Morgan fingerprint density at radius 3 is 2.83 bits per heavy atom. The fourth-order valence-electron chi connectivity index (χ4n) is 2.37. The highest BCUT2D eigenvalue weighted by molar-refractivity contribution is 6.30. The topological polar surface area (TPSA) is 75.5 Å². The molecule has 3 rings (SSSR count). The molecule has 6 nitrogen and oxygen atoms in total. The van der Waals surface area contributed by atoms with Crippen LogP contribution in [0.5, 0.6) is 0 Å². The van der Waals surface area contributed by atoms with E-state index in [4.69, 9.17) is 11.6 Å². The zero-order valence-electron chi connectivity index (χ0n) is 12.9. The number of pyridine rings is 1. The maximum Gasteiger partial charge on any atom is 0.258 e. The molecule has 0 aliphatic rings. The zero-order chi connectivity index (χ0) is 17.1. The minimum atomic E-state index is -0.209. The molecule has 7 heteroatoms. The molecule has 0 saturated heterocycles. The third kappa shape index (κ3) is 3.23. The van der Waals surface area contributed by atoms with Crippen molar-refractivity contribution in [1.82, 2.24) is 14.7 Å². The summed E-state index contributed by atoms with van der Waals surface area (Å²) < 4.78 is 1.39. The minimum absolute atomic E-state index is 0.181. The average molecular weight is 343 g/mol. The summed E-state index contributed by atoms with van der Waals surface area (Å²) in [4.78, 5) is 28.5. The van der Waals surface area contributed by atoms with Gasteiger partial charge in [0.25, 0.3) is 11.5 Å². The number of fused-ring (bicyclic) bond motifs is 1. The summed E-state index contributed by atoms with van der Waals surface area (Å²) in [6, 6.07) is 12.0. The molecule has 2 N–H and O–H groups in total. The maximum absolute atomic E-state index is 12.2. The number of nitrogens with one attached hydrogen (secondary N) is 2. The number of carbonyl (C=O) groups is 1. The van der Waals surface area contributed by atoms with Crippen LogP contribution in [0.15, 0.2) is 53.5 Å². The molecule has 2 aromatic heterocycles. The number of nitrogens with zero attached hydrogens (tertiary/aromatic N) is 2. The van der Waals surface area contributed by atoms with E-state index >= 15 is 0 Å². The summed E-state index contributed by atoms with van der Waals surface area (Å²) in [5, 5.41) is 6.22. The number of carbonyl (C=O) groups excluding carboxylic acids is 1. The second kappa shape index (κ2) is 6.72. The molecule has 0 aliphatic heterocycles. The van der Waals surface area contributed by atoms with Crippen molar-refractivity contribution in [2.75, 3.05) is 12.4 Å². The van der Waals surface area contributed by atoms with E-state index in [0.717, 1.165) is 0 Å². The van der Waals surface area contributed by atoms with Crippen LogP contribution in [0.2, 0.25) is 5.02 Å². The Bertz CT molecular complexity index is 968. The summed E-state index contributed by atoms with van der Waals surface area (Å²) in [6.45, 7) is 0.322. The van der Waals surface area contributed by atoms with Crippen molar-refractivity contribution in [3.8, 4) is 0 Å². The van der Waals surface area contributed by atoms with E-state index < -0.39 is 0 Å². The van der Waals surface area contributed by atoms with Crippen LogP contribution in [0.4, 0.5) is 5.69 Å².